The molecule has 240 valence electrons. The quantitative estimate of drug-likeness (QED) is 0.216. The third-order valence-corrected chi connectivity index (χ3v) is 5.49. The van der Waals surface area contributed by atoms with Crippen LogP contribution < -0.4 is 20.9 Å². The van der Waals surface area contributed by atoms with Crippen molar-refractivity contribution in [2.24, 2.45) is 5.92 Å². The topological polar surface area (TPSA) is 125 Å². The Bertz CT molecular complexity index is 1370. The second-order valence-corrected chi connectivity index (χ2v) is 10.4. The SMILES string of the molecule is CC.CC(C)(C)OC(=O)COc1ccn(-c2ccc(NC=O)c(F)c2)c(=O)c1.COCC1CC1.Cc1ccc(NC=O)cc1. The number of hydrogen-bond acceptors (Lipinski definition) is 7. The third kappa shape index (κ3) is 15.1. The summed E-state index contributed by atoms with van der Waals surface area (Å²) in [6, 6.07) is 14.2. The van der Waals surface area contributed by atoms with Crippen LogP contribution in [-0.2, 0) is 23.9 Å². The lowest BCUT2D eigenvalue weighted by Gasteiger charge is -2.19. The molecule has 0 bridgehead atoms. The third-order valence-electron chi connectivity index (χ3n) is 5.49. The maximum Gasteiger partial charge on any atom is 0.344 e. The molecule has 0 radical (unpaired) electrons. The highest BCUT2D eigenvalue weighted by Gasteiger charge is 2.20. The molecule has 2 amide bonds. The number of carbonyl (C=O) groups excluding carboxylic acids is 3. The zero-order chi connectivity index (χ0) is 33.1. The van der Waals surface area contributed by atoms with E-state index in [1.165, 1.54) is 53.4 Å². The molecule has 1 fully saturated rings. The number of benzene rings is 2. The van der Waals surface area contributed by atoms with Gasteiger partial charge in [-0.3, -0.25) is 19.0 Å². The number of anilines is 2. The molecule has 1 aromatic heterocycles. The molecule has 11 heteroatoms. The van der Waals surface area contributed by atoms with Gasteiger partial charge in [0.25, 0.3) is 5.56 Å². The number of carbonyl (C=O) groups is 3. The Hall–Kier alpha value is -4.51. The predicted molar refractivity (Wildman–Crippen MR) is 170 cm³/mol. The van der Waals surface area contributed by atoms with E-state index in [-0.39, 0.29) is 23.7 Å². The molecule has 10 nitrogen and oxygen atoms in total. The van der Waals surface area contributed by atoms with Crippen molar-refractivity contribution in [2.75, 3.05) is 31.0 Å². The number of methoxy groups -OCH3 is 1. The minimum Gasteiger partial charge on any atom is -0.482 e. The van der Waals surface area contributed by atoms with Crippen LogP contribution in [0, 0.1) is 18.7 Å². The van der Waals surface area contributed by atoms with Crippen molar-refractivity contribution in [3.05, 3.63) is 82.5 Å². The zero-order valence-corrected chi connectivity index (χ0v) is 26.5. The van der Waals surface area contributed by atoms with Crippen molar-refractivity contribution in [3.63, 3.8) is 0 Å². The van der Waals surface area contributed by atoms with Crippen LogP contribution in [0.1, 0.15) is 53.0 Å². The molecular weight excluding hydrogens is 569 g/mol. The minimum atomic E-state index is -0.674. The Balaban J connectivity index is 0.000000435. The van der Waals surface area contributed by atoms with E-state index in [0.29, 0.717) is 12.8 Å². The van der Waals surface area contributed by atoms with Crippen LogP contribution in [0.15, 0.2) is 65.6 Å². The monoisotopic (exact) mass is 613 g/mol. The number of aromatic nitrogens is 1. The average Bonchev–Trinajstić information content (AvgIpc) is 3.80. The predicted octanol–water partition coefficient (Wildman–Crippen LogP) is 5.90. The number of rotatable bonds is 10. The number of pyridine rings is 1. The molecule has 0 atom stereocenters. The van der Waals surface area contributed by atoms with Gasteiger partial charge in [-0.2, -0.15) is 0 Å². The van der Waals surface area contributed by atoms with Gasteiger partial charge in [-0.1, -0.05) is 31.5 Å². The molecule has 0 spiro atoms. The maximum atomic E-state index is 13.9. The smallest absolute Gasteiger partial charge is 0.344 e. The lowest BCUT2D eigenvalue weighted by atomic mass is 10.2. The van der Waals surface area contributed by atoms with Crippen LogP contribution in [0.5, 0.6) is 5.75 Å². The van der Waals surface area contributed by atoms with Gasteiger partial charge in [-0.05, 0) is 76.8 Å². The molecule has 1 aliphatic rings. The van der Waals surface area contributed by atoms with E-state index >= 15 is 0 Å². The van der Waals surface area contributed by atoms with Crippen molar-refractivity contribution in [3.8, 4) is 11.4 Å². The Labute approximate surface area is 258 Å². The number of aryl methyl sites for hydroxylation is 1. The fourth-order valence-electron chi connectivity index (χ4n) is 3.35. The van der Waals surface area contributed by atoms with Crippen LogP contribution >= 0.6 is 0 Å². The van der Waals surface area contributed by atoms with Crippen LogP contribution in [-0.4, -0.2) is 49.3 Å². The summed E-state index contributed by atoms with van der Waals surface area (Å²) < 4.78 is 30.3. The van der Waals surface area contributed by atoms with Gasteiger partial charge in [-0.15, -0.1) is 0 Å². The van der Waals surface area contributed by atoms with Gasteiger partial charge >= 0.3 is 5.97 Å². The highest BCUT2D eigenvalue weighted by Crippen LogP contribution is 2.28. The van der Waals surface area contributed by atoms with Crippen molar-refractivity contribution >= 4 is 30.2 Å². The van der Waals surface area contributed by atoms with Crippen LogP contribution in [0.2, 0.25) is 0 Å². The van der Waals surface area contributed by atoms with Gasteiger partial charge in [0, 0.05) is 37.7 Å². The summed E-state index contributed by atoms with van der Waals surface area (Å²) in [5.74, 6) is -0.111. The van der Waals surface area contributed by atoms with Gasteiger partial charge in [0.1, 0.15) is 17.2 Å². The highest BCUT2D eigenvalue weighted by atomic mass is 19.1. The minimum absolute atomic E-state index is 0.00844. The molecule has 3 aromatic rings. The first-order chi connectivity index (χ1) is 20.9. The standard InChI is InChI=1S/C18H19FN2O5.C8H9NO.C5H10O.C2H6/c1-18(2,3)26-17(24)10-25-13-6-7-21(16(23)9-13)12-4-5-15(20-11-22)14(19)8-12;1-7-2-4-8(5-3-7)9-6-10;1-6-4-5-2-3-5;1-2/h4-9,11H,10H2,1-3H3,(H,20,22);2-6H,1H3,(H,9,10);5H,2-4H2,1H3;1-2H3. The van der Waals surface area contributed by atoms with E-state index in [2.05, 4.69) is 10.6 Å². The molecule has 0 aliphatic heterocycles. The van der Waals surface area contributed by atoms with Gasteiger partial charge in [0.2, 0.25) is 12.8 Å². The summed E-state index contributed by atoms with van der Waals surface area (Å²) in [7, 11) is 1.76. The van der Waals surface area contributed by atoms with Crippen molar-refractivity contribution in [1.82, 2.24) is 4.57 Å². The largest absolute Gasteiger partial charge is 0.482 e. The molecule has 4 rings (SSSR count). The number of nitrogens with zero attached hydrogens (tertiary/aromatic N) is 1. The summed E-state index contributed by atoms with van der Waals surface area (Å²) in [6.45, 7) is 11.9. The summed E-state index contributed by atoms with van der Waals surface area (Å²) in [6.07, 6.45) is 5.22. The first-order valence-electron chi connectivity index (χ1n) is 14.3. The Morgan fingerprint density at radius 1 is 1.00 bits per heavy atom. The molecule has 1 aliphatic carbocycles. The first kappa shape index (κ1) is 37.5. The van der Waals surface area contributed by atoms with Gasteiger partial charge in [-0.25, -0.2) is 9.18 Å². The number of hydrogen-bond donors (Lipinski definition) is 2. The number of esters is 1. The molecule has 44 heavy (non-hydrogen) atoms. The van der Waals surface area contributed by atoms with E-state index < -0.39 is 22.9 Å². The van der Waals surface area contributed by atoms with Gasteiger partial charge in [0.05, 0.1) is 11.4 Å². The Morgan fingerprint density at radius 3 is 2.11 bits per heavy atom. The normalized spacial score (nSPS) is 11.5. The summed E-state index contributed by atoms with van der Waals surface area (Å²) in [4.78, 5) is 44.2. The van der Waals surface area contributed by atoms with Crippen LogP contribution in [0.4, 0.5) is 15.8 Å². The fourth-order valence-corrected chi connectivity index (χ4v) is 3.35. The Morgan fingerprint density at radius 2 is 1.64 bits per heavy atom. The lowest BCUT2D eigenvalue weighted by molar-refractivity contribution is -0.157. The van der Waals surface area contributed by atoms with Crippen molar-refractivity contribution in [1.29, 1.82) is 0 Å². The van der Waals surface area contributed by atoms with Crippen LogP contribution in [0.3, 0.4) is 0 Å². The van der Waals surface area contributed by atoms with Crippen molar-refractivity contribution < 1.29 is 33.0 Å². The maximum absolute atomic E-state index is 13.9. The molecule has 0 unspecified atom stereocenters. The van der Waals surface area contributed by atoms with Crippen molar-refractivity contribution in [2.45, 2.75) is 60.0 Å². The average molecular weight is 614 g/mol. The molecule has 1 saturated carbocycles. The zero-order valence-electron chi connectivity index (χ0n) is 26.5. The van der Waals surface area contributed by atoms with Gasteiger partial charge < -0.3 is 24.8 Å². The number of ether oxygens (including phenoxy) is 3. The number of nitrogens with one attached hydrogen (secondary N) is 2. The summed E-state index contributed by atoms with van der Waals surface area (Å²) in [5, 5.41) is 4.77. The molecule has 2 N–H and O–H groups in total. The number of halogens is 1. The molecule has 2 aromatic carbocycles. The molecule has 1 heterocycles. The second-order valence-electron chi connectivity index (χ2n) is 10.4. The summed E-state index contributed by atoms with van der Waals surface area (Å²) in [5.41, 5.74) is 1.22. The number of amides is 2. The Kier molecular flexibility index (Phi) is 16.7. The lowest BCUT2D eigenvalue weighted by Crippen LogP contribution is -2.27. The fraction of sp³-hybridized carbons (Fsp3) is 0.394. The van der Waals surface area contributed by atoms with E-state index in [1.54, 1.807) is 27.9 Å². The molecular formula is C33H44FN3O7. The second kappa shape index (κ2) is 19.6. The molecule has 0 saturated heterocycles. The van der Waals surface area contributed by atoms with Gasteiger partial charge in [0.15, 0.2) is 6.61 Å². The first-order valence-corrected chi connectivity index (χ1v) is 14.3. The van der Waals surface area contributed by atoms with E-state index in [0.717, 1.165) is 24.3 Å². The van der Waals surface area contributed by atoms with E-state index in [9.17, 15) is 23.6 Å². The highest BCUT2D eigenvalue weighted by molar-refractivity contribution is 5.72. The van der Waals surface area contributed by atoms with E-state index in [4.69, 9.17) is 14.2 Å². The summed E-state index contributed by atoms with van der Waals surface area (Å²) >= 11 is 0. The van der Waals surface area contributed by atoms with E-state index in [1.807, 2.05) is 45.0 Å². The van der Waals surface area contributed by atoms with Crippen LogP contribution in [0.25, 0.3) is 5.69 Å².